The van der Waals surface area contributed by atoms with Crippen LogP contribution in [-0.2, 0) is 14.2 Å². The van der Waals surface area contributed by atoms with Crippen molar-refractivity contribution in [3.63, 3.8) is 0 Å². The number of carbonyl (C=O) groups is 1. The van der Waals surface area contributed by atoms with Crippen molar-refractivity contribution in [2.45, 2.75) is 77.2 Å². The second kappa shape index (κ2) is 11.9. The van der Waals surface area contributed by atoms with Gasteiger partial charge >= 0.3 is 11.6 Å². The van der Waals surface area contributed by atoms with Crippen LogP contribution in [0.1, 0.15) is 79.5 Å². The lowest BCUT2D eigenvalue weighted by atomic mass is 9.42. The Morgan fingerprint density at radius 3 is 2.56 bits per heavy atom. The number of halogens is 1. The van der Waals surface area contributed by atoms with Crippen molar-refractivity contribution in [2.75, 3.05) is 6.61 Å². The number of hydrogen-bond acceptors (Lipinski definition) is 9. The Morgan fingerprint density at radius 2 is 1.82 bits per heavy atom. The van der Waals surface area contributed by atoms with Crippen molar-refractivity contribution >= 4 is 5.97 Å². The highest BCUT2D eigenvalue weighted by Gasteiger charge is 2.71. The standard InChI is InChI=1S/C40H40FNO8/c1-22-8-5-6-10-26(22)37-46-21-39(3)29-19-31(48-35(44)23-11-13-25(41)14-12-23)40(4)34(38(29,2)16-15-30(39)49-37)33(43)32-28(50-40)18-27(47-36(32)45)24-9-7-17-42-20-24/h5-14,17-18,20,29-31,33-34,37,43H,15-16,19,21H2,1-4H3/t29?,30-,31-,33-,34?,37+,38-,39?,40+/m0/s1. The number of nitrogens with zero attached hydrogens (tertiary/aromatic N) is 1. The van der Waals surface area contributed by atoms with E-state index in [4.69, 9.17) is 23.4 Å². The number of hydrogen-bond donors (Lipinski definition) is 1. The third kappa shape index (κ3) is 5.02. The first-order valence-electron chi connectivity index (χ1n) is 17.2. The zero-order chi connectivity index (χ0) is 35.0. The van der Waals surface area contributed by atoms with E-state index in [9.17, 15) is 19.1 Å². The van der Waals surface area contributed by atoms with Crippen LogP contribution in [0.4, 0.5) is 4.39 Å². The summed E-state index contributed by atoms with van der Waals surface area (Å²) in [6.07, 6.45) is 2.05. The molecular formula is C40H40FNO8. The van der Waals surface area contributed by atoms with Crippen molar-refractivity contribution in [1.82, 2.24) is 4.98 Å². The number of aliphatic hydroxyl groups excluding tert-OH is 1. The number of pyridine rings is 1. The van der Waals surface area contributed by atoms with Crippen LogP contribution >= 0.6 is 0 Å². The molecule has 50 heavy (non-hydrogen) atoms. The number of benzene rings is 2. The monoisotopic (exact) mass is 681 g/mol. The number of rotatable bonds is 4. The SMILES string of the molecule is Cc1ccccc1[C@@H]1OCC2(C)C3C[C@H](OC(=O)c4ccc(F)cc4)[C@@]4(C)Oc5cc(-c6cccnc6)oc(=O)c5[C@H](O)C4[C@@]3(C)CC[C@@H]2O1. The quantitative estimate of drug-likeness (QED) is 0.225. The first kappa shape index (κ1) is 32.8. The minimum Gasteiger partial charge on any atom is -0.482 e. The summed E-state index contributed by atoms with van der Waals surface area (Å²) in [4.78, 5) is 31.5. The van der Waals surface area contributed by atoms with Gasteiger partial charge in [0.25, 0.3) is 0 Å². The normalized spacial score (nSPS) is 34.3. The van der Waals surface area contributed by atoms with Gasteiger partial charge in [0.1, 0.15) is 34.6 Å². The van der Waals surface area contributed by atoms with Gasteiger partial charge in [0.15, 0.2) is 6.29 Å². The molecule has 2 aliphatic heterocycles. The fourth-order valence-electron chi connectivity index (χ4n) is 9.65. The van der Waals surface area contributed by atoms with E-state index in [1.54, 1.807) is 30.6 Å². The molecule has 3 unspecified atom stereocenters. The summed E-state index contributed by atoms with van der Waals surface area (Å²) in [6.45, 7) is 8.55. The van der Waals surface area contributed by atoms with E-state index in [0.29, 0.717) is 31.4 Å². The average Bonchev–Trinajstić information content (AvgIpc) is 3.09. The van der Waals surface area contributed by atoms with E-state index in [1.165, 1.54) is 24.3 Å². The fraction of sp³-hybridized carbons (Fsp3) is 0.425. The van der Waals surface area contributed by atoms with Gasteiger partial charge in [0, 0.05) is 40.9 Å². The second-order valence-corrected chi connectivity index (χ2v) is 15.0. The summed E-state index contributed by atoms with van der Waals surface area (Å²) in [6, 6.07) is 18.3. The summed E-state index contributed by atoms with van der Waals surface area (Å²) < 4.78 is 45.9. The highest BCUT2D eigenvalue weighted by molar-refractivity contribution is 5.89. The summed E-state index contributed by atoms with van der Waals surface area (Å²) in [5.41, 5.74) is -0.258. The molecule has 3 fully saturated rings. The Bertz CT molecular complexity index is 2000. The highest BCUT2D eigenvalue weighted by Crippen LogP contribution is 2.68. The molecule has 0 spiro atoms. The van der Waals surface area contributed by atoms with Gasteiger partial charge in [0.05, 0.1) is 24.4 Å². The van der Waals surface area contributed by atoms with Crippen molar-refractivity contribution in [3.05, 3.63) is 118 Å². The lowest BCUT2D eigenvalue weighted by molar-refractivity contribution is -0.330. The summed E-state index contributed by atoms with van der Waals surface area (Å²) >= 11 is 0. The Balaban J connectivity index is 1.21. The zero-order valence-corrected chi connectivity index (χ0v) is 28.4. The largest absolute Gasteiger partial charge is 0.482 e. The zero-order valence-electron chi connectivity index (χ0n) is 28.4. The fourth-order valence-corrected chi connectivity index (χ4v) is 9.65. The summed E-state index contributed by atoms with van der Waals surface area (Å²) in [5, 5.41) is 12.4. The lowest BCUT2D eigenvalue weighted by Crippen LogP contribution is -2.72. The molecule has 260 valence electrons. The number of aryl methyl sites for hydroxylation is 1. The number of aliphatic hydroxyl groups is 1. The summed E-state index contributed by atoms with van der Waals surface area (Å²) in [7, 11) is 0. The molecule has 2 aliphatic carbocycles. The maximum Gasteiger partial charge on any atom is 0.345 e. The Kier molecular flexibility index (Phi) is 7.78. The molecule has 2 aromatic carbocycles. The van der Waals surface area contributed by atoms with Crippen LogP contribution in [0.2, 0.25) is 0 Å². The molecule has 8 rings (SSSR count). The number of aromatic nitrogens is 1. The topological polar surface area (TPSA) is 117 Å². The average molecular weight is 682 g/mol. The second-order valence-electron chi connectivity index (χ2n) is 15.0. The van der Waals surface area contributed by atoms with Gasteiger partial charge in [0.2, 0.25) is 0 Å². The minimum absolute atomic E-state index is 0.0358. The van der Waals surface area contributed by atoms with Gasteiger partial charge < -0.3 is 28.5 Å². The molecule has 1 N–H and O–H groups in total. The smallest absolute Gasteiger partial charge is 0.345 e. The molecule has 0 bridgehead atoms. The van der Waals surface area contributed by atoms with Crippen LogP contribution in [-0.4, -0.2) is 40.5 Å². The number of esters is 1. The molecule has 9 nitrogen and oxygen atoms in total. The van der Waals surface area contributed by atoms with Crippen LogP contribution in [0.5, 0.6) is 5.75 Å². The molecule has 10 heteroatoms. The van der Waals surface area contributed by atoms with Crippen LogP contribution in [0, 0.1) is 35.4 Å². The van der Waals surface area contributed by atoms with Crippen molar-refractivity contribution < 1.29 is 37.7 Å². The molecule has 4 aromatic rings. The molecule has 4 heterocycles. The van der Waals surface area contributed by atoms with Crippen LogP contribution in [0.3, 0.4) is 0 Å². The Hall–Kier alpha value is -4.38. The van der Waals surface area contributed by atoms with Gasteiger partial charge in [-0.3, -0.25) is 4.98 Å². The van der Waals surface area contributed by atoms with E-state index in [2.05, 4.69) is 18.8 Å². The van der Waals surface area contributed by atoms with Crippen LogP contribution < -0.4 is 10.4 Å². The van der Waals surface area contributed by atoms with E-state index >= 15 is 0 Å². The predicted octanol–water partition coefficient (Wildman–Crippen LogP) is 7.12. The molecule has 1 saturated heterocycles. The van der Waals surface area contributed by atoms with Gasteiger partial charge in [-0.2, -0.15) is 0 Å². The molecule has 0 amide bonds. The Labute approximate surface area is 289 Å². The van der Waals surface area contributed by atoms with Crippen molar-refractivity contribution in [3.8, 4) is 17.1 Å². The van der Waals surface area contributed by atoms with Gasteiger partial charge in [-0.15, -0.1) is 0 Å². The number of ether oxygens (including phenoxy) is 4. The summed E-state index contributed by atoms with van der Waals surface area (Å²) in [5.74, 6) is -1.57. The molecular weight excluding hydrogens is 641 g/mol. The van der Waals surface area contributed by atoms with Crippen LogP contribution in [0.25, 0.3) is 11.3 Å². The highest BCUT2D eigenvalue weighted by atomic mass is 19.1. The van der Waals surface area contributed by atoms with E-state index in [1.807, 2.05) is 38.1 Å². The molecule has 0 radical (unpaired) electrons. The van der Waals surface area contributed by atoms with E-state index < -0.39 is 58.3 Å². The minimum atomic E-state index is -1.30. The first-order valence-corrected chi connectivity index (χ1v) is 17.2. The maximum atomic E-state index is 13.8. The molecule has 4 aliphatic rings. The van der Waals surface area contributed by atoms with Crippen molar-refractivity contribution in [1.29, 1.82) is 0 Å². The van der Waals surface area contributed by atoms with Crippen LogP contribution in [0.15, 0.2) is 88.3 Å². The molecule has 9 atom stereocenters. The lowest BCUT2D eigenvalue weighted by Gasteiger charge is -2.67. The third-order valence-electron chi connectivity index (χ3n) is 12.1. The van der Waals surface area contributed by atoms with Crippen molar-refractivity contribution in [2.24, 2.45) is 22.7 Å². The van der Waals surface area contributed by atoms with E-state index in [0.717, 1.165) is 11.1 Å². The maximum absolute atomic E-state index is 13.8. The van der Waals surface area contributed by atoms with Gasteiger partial charge in [-0.05, 0) is 86.4 Å². The third-order valence-corrected chi connectivity index (χ3v) is 12.1. The van der Waals surface area contributed by atoms with Gasteiger partial charge in [-0.1, -0.05) is 38.1 Å². The predicted molar refractivity (Wildman–Crippen MR) is 180 cm³/mol. The first-order chi connectivity index (χ1) is 23.9. The number of carbonyl (C=O) groups excluding carboxylic acids is 1. The molecule has 2 saturated carbocycles. The van der Waals surface area contributed by atoms with Gasteiger partial charge in [-0.25, -0.2) is 14.0 Å². The number of fused-ring (bicyclic) bond motifs is 6. The van der Waals surface area contributed by atoms with E-state index in [-0.39, 0.29) is 34.7 Å². The Morgan fingerprint density at radius 1 is 1.04 bits per heavy atom. The molecule has 2 aromatic heterocycles.